The molecule has 2 N–H and O–H groups in total. The molecule has 0 bridgehead atoms. The molecule has 2 fully saturated rings. The number of rotatable bonds is 11. The van der Waals surface area contributed by atoms with Crippen molar-refractivity contribution in [3.05, 3.63) is 71.7 Å². The van der Waals surface area contributed by atoms with E-state index in [0.717, 1.165) is 71.7 Å². The lowest BCUT2D eigenvalue weighted by atomic mass is 10.0. The van der Waals surface area contributed by atoms with Crippen molar-refractivity contribution in [1.82, 2.24) is 30.0 Å². The van der Waals surface area contributed by atoms with Gasteiger partial charge in [0.2, 0.25) is 11.8 Å². The molecule has 0 radical (unpaired) electrons. The summed E-state index contributed by atoms with van der Waals surface area (Å²) in [6.07, 6.45) is 10.5. The largest absolute Gasteiger partial charge is 0.385 e. The van der Waals surface area contributed by atoms with E-state index in [1.54, 1.807) is 18.2 Å². The van der Waals surface area contributed by atoms with E-state index >= 15 is 0 Å². The number of benzene rings is 2. The molecule has 3 aliphatic rings. The fourth-order valence-corrected chi connectivity index (χ4v) is 6.20. The maximum atomic E-state index is 13.1. The number of aromatic nitrogens is 4. The molecule has 2 aromatic carbocycles. The van der Waals surface area contributed by atoms with Crippen LogP contribution in [0.5, 0.6) is 0 Å². The third-order valence-electron chi connectivity index (χ3n) is 8.63. The second-order valence-corrected chi connectivity index (χ2v) is 11.7. The van der Waals surface area contributed by atoms with Crippen molar-refractivity contribution < 1.29 is 19.2 Å². The summed E-state index contributed by atoms with van der Waals surface area (Å²) in [6.45, 7) is 1.60. The highest BCUT2D eigenvalue weighted by Crippen LogP contribution is 2.44. The van der Waals surface area contributed by atoms with Crippen LogP contribution in [0.25, 0.3) is 22.3 Å². The Labute approximate surface area is 254 Å². The summed E-state index contributed by atoms with van der Waals surface area (Å²) in [5, 5.41) is 10.3. The van der Waals surface area contributed by atoms with Gasteiger partial charge in [-0.2, -0.15) is 5.10 Å². The molecule has 2 aliphatic heterocycles. The highest BCUT2D eigenvalue weighted by Gasteiger charge is 2.44. The first kappa shape index (κ1) is 27.9. The second-order valence-electron chi connectivity index (χ2n) is 11.7. The summed E-state index contributed by atoms with van der Waals surface area (Å²) < 4.78 is 2.16. The summed E-state index contributed by atoms with van der Waals surface area (Å²) in [7, 11) is 0. The molecule has 11 nitrogen and oxygen atoms in total. The Bertz CT molecular complexity index is 1790. The average Bonchev–Trinajstić information content (AvgIpc) is 3.74. The van der Waals surface area contributed by atoms with Crippen LogP contribution < -0.4 is 10.6 Å². The SMILES string of the molecule is O=C1CCC(N2C(=O)c3ccc(NCCCCCCn4ncc(-c5cnc6ccccc6n5)c4C4CC4)cc3C2=O)C(=O)N1. The van der Waals surface area contributed by atoms with Gasteiger partial charge in [-0.25, -0.2) is 4.98 Å². The van der Waals surface area contributed by atoms with Crippen molar-refractivity contribution in [2.75, 3.05) is 11.9 Å². The van der Waals surface area contributed by atoms with Crippen molar-refractivity contribution in [3.8, 4) is 11.3 Å². The van der Waals surface area contributed by atoms with E-state index in [2.05, 4.69) is 20.3 Å². The van der Waals surface area contributed by atoms with Crippen LogP contribution in [-0.4, -0.2) is 60.9 Å². The van der Waals surface area contributed by atoms with Gasteiger partial charge in [0.15, 0.2) is 0 Å². The smallest absolute Gasteiger partial charge is 0.262 e. The molecule has 2 aromatic heterocycles. The fraction of sp³-hybridized carbons (Fsp3) is 0.364. The van der Waals surface area contributed by atoms with Gasteiger partial charge in [0, 0.05) is 36.7 Å². The molecule has 44 heavy (non-hydrogen) atoms. The Morgan fingerprint density at radius 1 is 0.841 bits per heavy atom. The molecule has 0 spiro atoms. The number of nitrogens with zero attached hydrogens (tertiary/aromatic N) is 5. The molecule has 7 rings (SSSR count). The van der Waals surface area contributed by atoms with Crippen molar-refractivity contribution in [2.45, 2.75) is 69.9 Å². The molecule has 224 valence electrons. The van der Waals surface area contributed by atoms with E-state index in [1.807, 2.05) is 36.7 Å². The Morgan fingerprint density at radius 2 is 1.64 bits per heavy atom. The van der Waals surface area contributed by atoms with Crippen LogP contribution >= 0.6 is 0 Å². The summed E-state index contributed by atoms with van der Waals surface area (Å²) in [4.78, 5) is 60.2. The molecule has 4 amide bonds. The van der Waals surface area contributed by atoms with Gasteiger partial charge in [-0.15, -0.1) is 0 Å². The maximum absolute atomic E-state index is 13.1. The molecule has 4 heterocycles. The molecular weight excluding hydrogens is 558 g/mol. The van der Waals surface area contributed by atoms with Crippen LogP contribution in [-0.2, 0) is 16.1 Å². The lowest BCUT2D eigenvalue weighted by Gasteiger charge is -2.27. The Morgan fingerprint density at radius 3 is 2.45 bits per heavy atom. The van der Waals surface area contributed by atoms with E-state index in [-0.39, 0.29) is 29.9 Å². The van der Waals surface area contributed by atoms with Crippen molar-refractivity contribution >= 4 is 40.3 Å². The second kappa shape index (κ2) is 11.6. The van der Waals surface area contributed by atoms with E-state index in [4.69, 9.17) is 10.1 Å². The number of para-hydroxylation sites is 2. The van der Waals surface area contributed by atoms with Gasteiger partial charge in [0.05, 0.1) is 45.9 Å². The Hall–Kier alpha value is -4.93. The predicted octanol–water partition coefficient (Wildman–Crippen LogP) is 4.44. The van der Waals surface area contributed by atoms with E-state index in [0.29, 0.717) is 5.92 Å². The molecule has 11 heteroatoms. The molecular formula is C33H33N7O4. The standard InChI is InChI=1S/C33H33N7O4/c41-29-14-13-28(31(42)38-29)40-32(43)22-12-11-21(17-23(22)33(40)44)34-15-5-1-2-6-16-39-30(20-9-10-20)24(18-36-39)27-19-35-25-7-3-4-8-26(25)37-27/h3-4,7-8,11-12,17-20,28,34H,1-2,5-6,9-10,13-16H2,(H,38,41,42). The first-order valence-electron chi connectivity index (χ1n) is 15.4. The lowest BCUT2D eigenvalue weighted by molar-refractivity contribution is -0.136. The fourth-order valence-electron chi connectivity index (χ4n) is 6.20. The Balaban J connectivity index is 0.899. The van der Waals surface area contributed by atoms with Gasteiger partial charge in [0.1, 0.15) is 6.04 Å². The number of nitrogens with one attached hydrogen (secondary N) is 2. The quantitative estimate of drug-likeness (QED) is 0.193. The lowest BCUT2D eigenvalue weighted by Crippen LogP contribution is -2.54. The van der Waals surface area contributed by atoms with Crippen LogP contribution in [0.2, 0.25) is 0 Å². The minimum Gasteiger partial charge on any atom is -0.385 e. The number of aryl methyl sites for hydroxylation is 1. The minimum absolute atomic E-state index is 0.0990. The van der Waals surface area contributed by atoms with E-state index in [9.17, 15) is 19.2 Å². The molecule has 1 aliphatic carbocycles. The summed E-state index contributed by atoms with van der Waals surface area (Å²) in [6, 6.07) is 12.0. The molecule has 1 atom stereocenters. The van der Waals surface area contributed by atoms with Gasteiger partial charge in [0.25, 0.3) is 11.8 Å². The number of fused-ring (bicyclic) bond motifs is 2. The van der Waals surface area contributed by atoms with Gasteiger partial charge < -0.3 is 5.32 Å². The number of hydrogen-bond donors (Lipinski definition) is 2. The minimum atomic E-state index is -0.961. The maximum Gasteiger partial charge on any atom is 0.262 e. The van der Waals surface area contributed by atoms with Crippen molar-refractivity contribution in [2.24, 2.45) is 0 Å². The zero-order chi connectivity index (χ0) is 30.2. The predicted molar refractivity (Wildman–Crippen MR) is 163 cm³/mol. The van der Waals surface area contributed by atoms with E-state index in [1.165, 1.54) is 18.5 Å². The zero-order valence-corrected chi connectivity index (χ0v) is 24.3. The molecule has 4 aromatic rings. The van der Waals surface area contributed by atoms with Gasteiger partial charge in [-0.05, 0) is 62.4 Å². The number of imide groups is 2. The number of amides is 4. The third-order valence-corrected chi connectivity index (χ3v) is 8.63. The average molecular weight is 592 g/mol. The van der Waals surface area contributed by atoms with Crippen LogP contribution in [0.15, 0.2) is 54.9 Å². The van der Waals surface area contributed by atoms with Crippen LogP contribution in [0.3, 0.4) is 0 Å². The monoisotopic (exact) mass is 591 g/mol. The molecule has 1 saturated carbocycles. The summed E-state index contributed by atoms with van der Waals surface area (Å²) in [5.41, 5.74) is 6.34. The van der Waals surface area contributed by atoms with Crippen LogP contribution in [0.1, 0.15) is 83.7 Å². The molecule has 1 saturated heterocycles. The number of unbranched alkanes of at least 4 members (excludes halogenated alkanes) is 3. The number of hydrogen-bond acceptors (Lipinski definition) is 8. The summed E-state index contributed by atoms with van der Waals surface area (Å²) >= 11 is 0. The topological polar surface area (TPSA) is 139 Å². The van der Waals surface area contributed by atoms with Crippen LogP contribution in [0, 0.1) is 0 Å². The first-order chi connectivity index (χ1) is 21.5. The summed E-state index contributed by atoms with van der Waals surface area (Å²) in [5.74, 6) is -1.45. The van der Waals surface area contributed by atoms with E-state index < -0.39 is 23.8 Å². The van der Waals surface area contributed by atoms with Crippen LogP contribution in [0.4, 0.5) is 5.69 Å². The number of carbonyl (C=O) groups is 4. The molecule has 1 unspecified atom stereocenters. The first-order valence-corrected chi connectivity index (χ1v) is 15.4. The van der Waals surface area contributed by atoms with Gasteiger partial charge >= 0.3 is 0 Å². The van der Waals surface area contributed by atoms with Gasteiger partial charge in [-0.3, -0.25) is 39.1 Å². The highest BCUT2D eigenvalue weighted by atomic mass is 16.2. The number of piperidine rings is 1. The third kappa shape index (κ3) is 5.34. The highest BCUT2D eigenvalue weighted by molar-refractivity contribution is 6.23. The number of carbonyl (C=O) groups excluding carboxylic acids is 4. The number of anilines is 1. The van der Waals surface area contributed by atoms with Crippen molar-refractivity contribution in [1.29, 1.82) is 0 Å². The van der Waals surface area contributed by atoms with Crippen molar-refractivity contribution in [3.63, 3.8) is 0 Å². The zero-order valence-electron chi connectivity index (χ0n) is 24.3. The van der Waals surface area contributed by atoms with Gasteiger partial charge in [-0.1, -0.05) is 25.0 Å². The normalized spacial score (nSPS) is 18.2. The Kier molecular flexibility index (Phi) is 7.37.